The van der Waals surface area contributed by atoms with Crippen LogP contribution in [0.25, 0.3) is 16.6 Å². The minimum atomic E-state index is -0.128. The molecule has 3 heterocycles. The van der Waals surface area contributed by atoms with Gasteiger partial charge in [-0.2, -0.15) is 10.2 Å². The highest BCUT2D eigenvalue weighted by atomic mass is 35.5. The molecule has 1 aliphatic heterocycles. The van der Waals surface area contributed by atoms with Gasteiger partial charge in [-0.15, -0.1) is 0 Å². The van der Waals surface area contributed by atoms with Gasteiger partial charge in [-0.05, 0) is 58.0 Å². The Hall–Kier alpha value is -2.18. The van der Waals surface area contributed by atoms with Crippen molar-refractivity contribution in [2.75, 3.05) is 19.6 Å². The lowest BCUT2D eigenvalue weighted by atomic mass is 10.1. The van der Waals surface area contributed by atoms with Gasteiger partial charge < -0.3 is 4.90 Å². The van der Waals surface area contributed by atoms with Crippen LogP contribution < -0.4 is 5.56 Å². The molecule has 4 rings (SSSR count). The molecule has 0 atom stereocenters. The number of halogens is 1. The summed E-state index contributed by atoms with van der Waals surface area (Å²) in [5.41, 5.74) is 2.91. The molecule has 0 spiro atoms. The normalized spacial score (nSPS) is 15.5. The predicted octanol–water partition coefficient (Wildman–Crippen LogP) is 3.34. The first kappa shape index (κ1) is 18.2. The molecular weight excluding hydrogens is 362 g/mol. The van der Waals surface area contributed by atoms with Crippen molar-refractivity contribution >= 4 is 22.5 Å². The Bertz CT molecular complexity index is 1030. The van der Waals surface area contributed by atoms with E-state index in [1.165, 1.54) is 19.3 Å². The maximum absolute atomic E-state index is 13.0. The van der Waals surface area contributed by atoms with E-state index in [2.05, 4.69) is 15.1 Å². The number of likely N-dealkylation sites (tertiary alicyclic amines) is 1. The summed E-state index contributed by atoms with van der Waals surface area (Å²) < 4.78 is 3.35. The second-order valence-corrected chi connectivity index (χ2v) is 7.65. The topological polar surface area (TPSA) is 56.0 Å². The maximum atomic E-state index is 13.0. The molecule has 2 aromatic heterocycles. The summed E-state index contributed by atoms with van der Waals surface area (Å²) in [5, 5.41) is 10.6. The van der Waals surface area contributed by atoms with Gasteiger partial charge >= 0.3 is 0 Å². The molecule has 0 N–H and O–H groups in total. The van der Waals surface area contributed by atoms with Crippen LogP contribution in [-0.2, 0) is 6.54 Å². The number of hydrogen-bond acceptors (Lipinski definition) is 4. The molecule has 0 unspecified atom stereocenters. The smallest absolute Gasteiger partial charge is 0.295 e. The van der Waals surface area contributed by atoms with Gasteiger partial charge in [0, 0.05) is 11.6 Å². The molecule has 1 fully saturated rings. The van der Waals surface area contributed by atoms with E-state index in [0.717, 1.165) is 42.1 Å². The van der Waals surface area contributed by atoms with E-state index >= 15 is 0 Å². The van der Waals surface area contributed by atoms with E-state index in [0.29, 0.717) is 17.1 Å². The van der Waals surface area contributed by atoms with E-state index < -0.39 is 0 Å². The Morgan fingerprint density at radius 2 is 1.85 bits per heavy atom. The lowest BCUT2D eigenvalue weighted by Gasteiger charge is -2.26. The third-order valence-electron chi connectivity index (χ3n) is 5.32. The van der Waals surface area contributed by atoms with E-state index in [1.807, 2.05) is 38.1 Å². The molecule has 142 valence electrons. The van der Waals surface area contributed by atoms with Gasteiger partial charge in [0.25, 0.3) is 5.56 Å². The quantitative estimate of drug-likeness (QED) is 0.691. The third kappa shape index (κ3) is 3.51. The van der Waals surface area contributed by atoms with Crippen LogP contribution in [0.4, 0.5) is 0 Å². The summed E-state index contributed by atoms with van der Waals surface area (Å²) in [7, 11) is 0. The summed E-state index contributed by atoms with van der Waals surface area (Å²) >= 11 is 6.12. The standard InChI is InChI=1S/C20H24ClN5O/c1-14-18-15(2)26(17-8-6-7-16(21)13-17)23-19(18)20(27)25(22-14)12-11-24-9-4-3-5-10-24/h6-8,13H,3-5,9-12H2,1-2H3. The number of nitrogens with zero attached hydrogens (tertiary/aromatic N) is 5. The molecule has 27 heavy (non-hydrogen) atoms. The van der Waals surface area contributed by atoms with E-state index in [1.54, 1.807) is 9.36 Å². The fraction of sp³-hybridized carbons (Fsp3) is 0.450. The van der Waals surface area contributed by atoms with Crippen molar-refractivity contribution in [3.63, 3.8) is 0 Å². The lowest BCUT2D eigenvalue weighted by molar-refractivity contribution is 0.216. The van der Waals surface area contributed by atoms with Crippen molar-refractivity contribution in [1.82, 2.24) is 24.5 Å². The molecule has 0 radical (unpaired) electrons. The van der Waals surface area contributed by atoms with Crippen LogP contribution in [0.3, 0.4) is 0 Å². The molecule has 7 heteroatoms. The van der Waals surface area contributed by atoms with Gasteiger partial charge in [-0.25, -0.2) is 9.36 Å². The molecule has 1 aromatic carbocycles. The monoisotopic (exact) mass is 385 g/mol. The van der Waals surface area contributed by atoms with Gasteiger partial charge in [0.05, 0.1) is 29.0 Å². The van der Waals surface area contributed by atoms with Crippen LogP contribution in [0.5, 0.6) is 0 Å². The zero-order chi connectivity index (χ0) is 19.0. The van der Waals surface area contributed by atoms with Crippen molar-refractivity contribution in [3.05, 3.63) is 51.0 Å². The number of rotatable bonds is 4. The van der Waals surface area contributed by atoms with Gasteiger partial charge in [0.15, 0.2) is 5.52 Å². The minimum Gasteiger partial charge on any atom is -0.301 e. The Morgan fingerprint density at radius 1 is 1.07 bits per heavy atom. The molecular formula is C20H24ClN5O. The molecule has 3 aromatic rings. The average molecular weight is 386 g/mol. The van der Waals surface area contributed by atoms with Gasteiger partial charge in [0.1, 0.15) is 0 Å². The first-order valence-corrected chi connectivity index (χ1v) is 9.88. The fourth-order valence-electron chi connectivity index (χ4n) is 3.91. The Balaban J connectivity index is 1.72. The number of aryl methyl sites for hydroxylation is 2. The number of piperidine rings is 1. The Kier molecular flexibility index (Phi) is 5.02. The Labute approximate surface area is 163 Å². The summed E-state index contributed by atoms with van der Waals surface area (Å²) in [6.45, 7) is 7.57. The maximum Gasteiger partial charge on any atom is 0.295 e. The van der Waals surface area contributed by atoms with Crippen LogP contribution in [-0.4, -0.2) is 44.1 Å². The van der Waals surface area contributed by atoms with Gasteiger partial charge in [-0.3, -0.25) is 4.79 Å². The Morgan fingerprint density at radius 3 is 2.59 bits per heavy atom. The second kappa shape index (κ2) is 7.44. The lowest BCUT2D eigenvalue weighted by Crippen LogP contribution is -2.35. The van der Waals surface area contributed by atoms with Crippen LogP contribution >= 0.6 is 11.6 Å². The first-order chi connectivity index (χ1) is 13.0. The summed E-state index contributed by atoms with van der Waals surface area (Å²) in [5.74, 6) is 0. The SMILES string of the molecule is Cc1nn(CCN2CCCCC2)c(=O)c2nn(-c3cccc(Cl)c3)c(C)c12. The minimum absolute atomic E-state index is 0.128. The summed E-state index contributed by atoms with van der Waals surface area (Å²) in [6.07, 6.45) is 3.78. The van der Waals surface area contributed by atoms with Crippen LogP contribution in [0.2, 0.25) is 5.02 Å². The van der Waals surface area contributed by atoms with Crippen molar-refractivity contribution in [3.8, 4) is 5.69 Å². The van der Waals surface area contributed by atoms with E-state index in [9.17, 15) is 4.79 Å². The zero-order valence-corrected chi connectivity index (χ0v) is 16.5. The van der Waals surface area contributed by atoms with E-state index in [4.69, 9.17) is 11.6 Å². The average Bonchev–Trinajstić information content (AvgIpc) is 3.02. The molecule has 1 aliphatic rings. The number of hydrogen-bond donors (Lipinski definition) is 0. The van der Waals surface area contributed by atoms with E-state index in [-0.39, 0.29) is 5.56 Å². The van der Waals surface area contributed by atoms with Gasteiger partial charge in [0.2, 0.25) is 0 Å². The van der Waals surface area contributed by atoms with Gasteiger partial charge in [-0.1, -0.05) is 24.1 Å². The summed E-state index contributed by atoms with van der Waals surface area (Å²) in [6, 6.07) is 7.48. The van der Waals surface area contributed by atoms with Crippen molar-refractivity contribution in [1.29, 1.82) is 0 Å². The summed E-state index contributed by atoms with van der Waals surface area (Å²) in [4.78, 5) is 15.4. The number of benzene rings is 1. The fourth-order valence-corrected chi connectivity index (χ4v) is 4.10. The predicted molar refractivity (Wildman–Crippen MR) is 108 cm³/mol. The molecule has 1 saturated heterocycles. The molecule has 0 aliphatic carbocycles. The van der Waals surface area contributed by atoms with Crippen LogP contribution in [0, 0.1) is 13.8 Å². The number of fused-ring (bicyclic) bond motifs is 1. The molecule has 0 amide bonds. The van der Waals surface area contributed by atoms with Crippen molar-refractivity contribution < 1.29 is 0 Å². The second-order valence-electron chi connectivity index (χ2n) is 7.22. The highest BCUT2D eigenvalue weighted by molar-refractivity contribution is 6.30. The van der Waals surface area contributed by atoms with Crippen LogP contribution in [0.15, 0.2) is 29.1 Å². The largest absolute Gasteiger partial charge is 0.301 e. The number of aromatic nitrogens is 4. The third-order valence-corrected chi connectivity index (χ3v) is 5.55. The zero-order valence-electron chi connectivity index (χ0n) is 15.8. The molecule has 0 bridgehead atoms. The molecule has 0 saturated carbocycles. The van der Waals surface area contributed by atoms with Crippen molar-refractivity contribution in [2.24, 2.45) is 0 Å². The highest BCUT2D eigenvalue weighted by Gasteiger charge is 2.18. The first-order valence-electron chi connectivity index (χ1n) is 9.50. The van der Waals surface area contributed by atoms with Crippen molar-refractivity contribution in [2.45, 2.75) is 39.7 Å². The highest BCUT2D eigenvalue weighted by Crippen LogP contribution is 2.22. The van der Waals surface area contributed by atoms with Crippen LogP contribution in [0.1, 0.15) is 30.7 Å². The molecule has 6 nitrogen and oxygen atoms in total.